The summed E-state index contributed by atoms with van der Waals surface area (Å²) < 4.78 is 37.3. The van der Waals surface area contributed by atoms with Gasteiger partial charge in [0, 0.05) is 31.7 Å². The lowest BCUT2D eigenvalue weighted by atomic mass is 10.1. The number of ether oxygens (including phenoxy) is 1. The number of methoxy groups -OCH3 is 1. The second kappa shape index (κ2) is 8.36. The Morgan fingerprint density at radius 3 is 2.66 bits per heavy atom. The predicted molar refractivity (Wildman–Crippen MR) is 126 cm³/mol. The summed E-state index contributed by atoms with van der Waals surface area (Å²) in [5.41, 5.74) is 1.92. The van der Waals surface area contributed by atoms with Crippen LogP contribution in [0.15, 0.2) is 47.9 Å². The number of nitrogens with zero attached hydrogens (tertiary/aromatic N) is 6. The van der Waals surface area contributed by atoms with Crippen LogP contribution >= 0.6 is 0 Å². The number of β-amino-alcohol motifs (C(OH)–C–C–N with tert-alkyl or cyclic N) is 1. The van der Waals surface area contributed by atoms with E-state index in [1.807, 2.05) is 0 Å². The second-order valence-electron chi connectivity index (χ2n) is 8.30. The van der Waals surface area contributed by atoms with Crippen molar-refractivity contribution in [2.24, 2.45) is 7.05 Å². The van der Waals surface area contributed by atoms with Crippen LogP contribution in [0, 0.1) is 6.92 Å². The lowest BCUT2D eigenvalue weighted by Crippen LogP contribution is -2.53. The summed E-state index contributed by atoms with van der Waals surface area (Å²) in [4.78, 5) is 18.3. The molecule has 3 aromatic heterocycles. The van der Waals surface area contributed by atoms with E-state index in [0.29, 0.717) is 41.3 Å². The van der Waals surface area contributed by atoms with Gasteiger partial charge in [-0.3, -0.25) is 14.2 Å². The van der Waals surface area contributed by atoms with Gasteiger partial charge in [0.05, 0.1) is 42.9 Å². The summed E-state index contributed by atoms with van der Waals surface area (Å²) in [6, 6.07) is 5.12. The number of benzene rings is 1. The quantitative estimate of drug-likeness (QED) is 0.403. The highest BCUT2D eigenvalue weighted by Gasteiger charge is 2.30. The van der Waals surface area contributed by atoms with E-state index in [4.69, 9.17) is 4.74 Å². The van der Waals surface area contributed by atoms with Gasteiger partial charge in [-0.2, -0.15) is 10.2 Å². The first kappa shape index (κ1) is 22.8. The van der Waals surface area contributed by atoms with E-state index in [9.17, 15) is 18.3 Å². The van der Waals surface area contributed by atoms with Crippen LogP contribution in [0.2, 0.25) is 0 Å². The molecule has 0 atom stereocenters. The Morgan fingerprint density at radius 1 is 1.20 bits per heavy atom. The molecule has 5 rings (SSSR count). The van der Waals surface area contributed by atoms with Crippen LogP contribution in [-0.2, 0) is 17.1 Å². The fraction of sp³-hybridized carbons (Fsp3) is 0.273. The Kier molecular flexibility index (Phi) is 5.44. The third kappa shape index (κ3) is 3.98. The number of amides is 1. The SMILES string of the molecule is COc1ccc2cnn(C)c2c1NS(=O)(=O)c1cnn(-c2cc(C)c(C(=O)N3CC(O)C3)cn2)c1. The summed E-state index contributed by atoms with van der Waals surface area (Å²) in [6.07, 6.45) is 5.13. The largest absolute Gasteiger partial charge is 0.494 e. The number of hydrogen-bond acceptors (Lipinski definition) is 8. The molecular weight excluding hydrogens is 474 g/mol. The Morgan fingerprint density at radius 2 is 1.97 bits per heavy atom. The molecule has 13 heteroatoms. The second-order valence-corrected chi connectivity index (χ2v) is 9.98. The molecular formula is C22H23N7O5S. The molecule has 0 radical (unpaired) electrons. The van der Waals surface area contributed by atoms with Crippen molar-refractivity contribution in [2.75, 3.05) is 24.9 Å². The van der Waals surface area contributed by atoms with E-state index < -0.39 is 16.1 Å². The molecule has 2 N–H and O–H groups in total. The fourth-order valence-corrected chi connectivity index (χ4v) is 4.97. The molecule has 1 aliphatic rings. The van der Waals surface area contributed by atoms with Crippen molar-refractivity contribution in [1.29, 1.82) is 0 Å². The van der Waals surface area contributed by atoms with Crippen LogP contribution in [-0.4, -0.2) is 75.2 Å². The summed E-state index contributed by atoms with van der Waals surface area (Å²) in [7, 11) is -0.859. The molecule has 35 heavy (non-hydrogen) atoms. The minimum absolute atomic E-state index is 0.0760. The third-order valence-corrected chi connectivity index (χ3v) is 7.21. The Balaban J connectivity index is 1.43. The molecule has 0 spiro atoms. The van der Waals surface area contributed by atoms with E-state index in [1.165, 1.54) is 35.3 Å². The number of aliphatic hydroxyl groups excluding tert-OH is 1. The number of aliphatic hydroxyl groups is 1. The number of carbonyl (C=O) groups is 1. The van der Waals surface area contributed by atoms with Gasteiger partial charge in [-0.05, 0) is 30.7 Å². The molecule has 0 saturated carbocycles. The van der Waals surface area contributed by atoms with Crippen LogP contribution in [0.3, 0.4) is 0 Å². The lowest BCUT2D eigenvalue weighted by molar-refractivity contribution is 0.00581. The Hall–Kier alpha value is -3.97. The van der Waals surface area contributed by atoms with Crippen LogP contribution < -0.4 is 9.46 Å². The molecule has 0 unspecified atom stereocenters. The van der Waals surface area contributed by atoms with E-state index >= 15 is 0 Å². The van der Waals surface area contributed by atoms with Crippen molar-refractivity contribution in [3.05, 3.63) is 54.1 Å². The van der Waals surface area contributed by atoms with Crippen molar-refractivity contribution >= 4 is 32.5 Å². The van der Waals surface area contributed by atoms with Crippen molar-refractivity contribution in [3.8, 4) is 11.6 Å². The van der Waals surface area contributed by atoms with Gasteiger partial charge in [0.25, 0.3) is 15.9 Å². The summed E-state index contributed by atoms with van der Waals surface area (Å²) >= 11 is 0. The van der Waals surface area contributed by atoms with Gasteiger partial charge in [-0.25, -0.2) is 18.1 Å². The number of rotatable bonds is 6. The molecule has 1 amide bonds. The molecule has 4 aromatic rings. The van der Waals surface area contributed by atoms with Crippen molar-refractivity contribution in [1.82, 2.24) is 29.4 Å². The lowest BCUT2D eigenvalue weighted by Gasteiger charge is -2.36. The smallest absolute Gasteiger partial charge is 0.265 e. The van der Waals surface area contributed by atoms with Crippen molar-refractivity contribution in [3.63, 3.8) is 0 Å². The first-order valence-corrected chi connectivity index (χ1v) is 12.2. The van der Waals surface area contributed by atoms with Crippen LogP contribution in [0.5, 0.6) is 5.75 Å². The first-order valence-electron chi connectivity index (χ1n) is 10.7. The fourth-order valence-electron chi connectivity index (χ4n) is 3.96. The van der Waals surface area contributed by atoms with E-state index in [2.05, 4.69) is 19.9 Å². The number of fused-ring (bicyclic) bond motifs is 1. The van der Waals surface area contributed by atoms with Gasteiger partial charge in [0.1, 0.15) is 16.3 Å². The zero-order valence-corrected chi connectivity index (χ0v) is 20.0. The number of pyridine rings is 1. The summed E-state index contributed by atoms with van der Waals surface area (Å²) in [5, 5.41) is 18.5. The van der Waals surface area contributed by atoms with Crippen LogP contribution in [0.4, 0.5) is 5.69 Å². The maximum Gasteiger partial charge on any atom is 0.265 e. The highest BCUT2D eigenvalue weighted by Crippen LogP contribution is 2.34. The molecule has 0 aliphatic carbocycles. The van der Waals surface area contributed by atoms with Gasteiger partial charge in [0.15, 0.2) is 5.82 Å². The number of anilines is 1. The van der Waals surface area contributed by atoms with Crippen molar-refractivity contribution < 1.29 is 23.1 Å². The molecule has 4 heterocycles. The monoisotopic (exact) mass is 497 g/mol. The first-order chi connectivity index (χ1) is 16.7. The average molecular weight is 498 g/mol. The molecule has 1 saturated heterocycles. The predicted octanol–water partition coefficient (Wildman–Crippen LogP) is 1.09. The van der Waals surface area contributed by atoms with Crippen molar-refractivity contribution in [2.45, 2.75) is 17.9 Å². The average Bonchev–Trinajstić information content (AvgIpc) is 3.45. The van der Waals surface area contributed by atoms with Crippen LogP contribution in [0.1, 0.15) is 15.9 Å². The number of sulfonamides is 1. The number of aryl methyl sites for hydroxylation is 2. The Labute approximate surface area is 200 Å². The Bertz CT molecular complexity index is 1550. The zero-order valence-electron chi connectivity index (χ0n) is 19.2. The molecule has 1 fully saturated rings. The van der Waals surface area contributed by atoms with Gasteiger partial charge in [0.2, 0.25) is 0 Å². The van der Waals surface area contributed by atoms with Gasteiger partial charge in [-0.1, -0.05) is 0 Å². The highest BCUT2D eigenvalue weighted by atomic mass is 32.2. The van der Waals surface area contributed by atoms with E-state index in [1.54, 1.807) is 43.0 Å². The number of carbonyl (C=O) groups excluding carboxylic acids is 1. The molecule has 1 aliphatic heterocycles. The minimum atomic E-state index is -4.03. The highest BCUT2D eigenvalue weighted by molar-refractivity contribution is 7.92. The number of aromatic nitrogens is 5. The van der Waals surface area contributed by atoms with E-state index in [0.717, 1.165) is 5.39 Å². The van der Waals surface area contributed by atoms with Gasteiger partial charge >= 0.3 is 0 Å². The number of nitrogens with one attached hydrogen (secondary N) is 1. The molecule has 1 aromatic carbocycles. The summed E-state index contributed by atoms with van der Waals surface area (Å²) in [5.74, 6) is 0.498. The van der Waals surface area contributed by atoms with Gasteiger partial charge < -0.3 is 14.7 Å². The molecule has 182 valence electrons. The normalized spacial score (nSPS) is 14.2. The number of hydrogen-bond donors (Lipinski definition) is 2. The minimum Gasteiger partial charge on any atom is -0.494 e. The maximum absolute atomic E-state index is 13.2. The van der Waals surface area contributed by atoms with Crippen LogP contribution in [0.25, 0.3) is 16.7 Å². The number of likely N-dealkylation sites (tertiary alicyclic amines) is 1. The standard InChI is InChI=1S/C22H23N7O5S/c1-13-6-19(23-9-17(13)22(31)28-10-15(30)11-28)29-12-16(8-25-29)35(32,33)26-20-18(34-3)5-4-14-7-24-27(2)21(14)20/h4-9,12,15,26,30H,10-11H2,1-3H3. The zero-order chi connectivity index (χ0) is 24.9. The third-order valence-electron chi connectivity index (χ3n) is 5.90. The topological polar surface area (TPSA) is 144 Å². The molecule has 12 nitrogen and oxygen atoms in total. The summed E-state index contributed by atoms with van der Waals surface area (Å²) in [6.45, 7) is 2.35. The molecule has 0 bridgehead atoms. The van der Waals surface area contributed by atoms with Gasteiger partial charge in [-0.15, -0.1) is 0 Å². The van der Waals surface area contributed by atoms with E-state index in [-0.39, 0.29) is 16.5 Å². The maximum atomic E-state index is 13.2.